The van der Waals surface area contributed by atoms with Gasteiger partial charge in [0.1, 0.15) is 6.17 Å². The second kappa shape index (κ2) is 19.3. The van der Waals surface area contributed by atoms with Crippen LogP contribution in [0.25, 0.3) is 0 Å². The van der Waals surface area contributed by atoms with Crippen LogP contribution in [0.4, 0.5) is 0 Å². The quantitative estimate of drug-likeness (QED) is 0.176. The molecular formula is C27H54N2. The summed E-state index contributed by atoms with van der Waals surface area (Å²) >= 11 is 0. The van der Waals surface area contributed by atoms with Gasteiger partial charge in [-0.25, -0.2) is 0 Å². The lowest BCUT2D eigenvalue weighted by atomic mass is 10.1. The number of rotatable bonds is 21. The molecule has 0 bridgehead atoms. The van der Waals surface area contributed by atoms with Gasteiger partial charge in [-0.05, 0) is 19.3 Å². The molecule has 29 heavy (non-hydrogen) atoms. The van der Waals surface area contributed by atoms with E-state index >= 15 is 0 Å². The number of hydrogen-bond donors (Lipinski definition) is 0. The Labute approximate surface area is 184 Å². The topological polar surface area (TPSA) is 6.48 Å². The molecule has 0 amide bonds. The minimum atomic E-state index is 0.638. The van der Waals surface area contributed by atoms with Crippen molar-refractivity contribution in [2.75, 3.05) is 13.1 Å². The Morgan fingerprint density at radius 1 is 0.448 bits per heavy atom. The Kier molecular flexibility index (Phi) is 17.6. The SMILES string of the molecule is CCCCCCCCCCCCCN1C=CN(CCCCCCCC)C1CCC. The third-order valence-corrected chi connectivity index (χ3v) is 6.55. The summed E-state index contributed by atoms with van der Waals surface area (Å²) in [5.41, 5.74) is 0. The minimum absolute atomic E-state index is 0.638. The predicted octanol–water partition coefficient (Wildman–Crippen LogP) is 8.87. The Hall–Kier alpha value is -0.660. The lowest BCUT2D eigenvalue weighted by molar-refractivity contribution is 0.138. The summed E-state index contributed by atoms with van der Waals surface area (Å²) in [6, 6.07) is 0. The molecule has 0 saturated carbocycles. The van der Waals surface area contributed by atoms with E-state index in [4.69, 9.17) is 0 Å². The lowest BCUT2D eigenvalue weighted by Gasteiger charge is -2.33. The van der Waals surface area contributed by atoms with Crippen molar-refractivity contribution >= 4 is 0 Å². The smallest absolute Gasteiger partial charge is 0.101 e. The molecule has 0 spiro atoms. The molecular weight excluding hydrogens is 352 g/mol. The zero-order valence-electron chi connectivity index (χ0n) is 20.5. The fraction of sp³-hybridized carbons (Fsp3) is 0.926. The van der Waals surface area contributed by atoms with Crippen molar-refractivity contribution in [2.45, 2.75) is 149 Å². The van der Waals surface area contributed by atoms with Crippen molar-refractivity contribution in [1.82, 2.24) is 9.80 Å². The summed E-state index contributed by atoms with van der Waals surface area (Å²) in [6.45, 7) is 9.44. The molecule has 2 nitrogen and oxygen atoms in total. The van der Waals surface area contributed by atoms with Gasteiger partial charge in [0.15, 0.2) is 0 Å². The minimum Gasteiger partial charge on any atom is -0.356 e. The zero-order valence-corrected chi connectivity index (χ0v) is 20.5. The molecule has 2 heteroatoms. The first-order chi connectivity index (χ1) is 14.3. The Bertz CT molecular complexity index is 366. The number of nitrogens with zero attached hydrogens (tertiary/aromatic N) is 2. The molecule has 1 aliphatic rings. The van der Waals surface area contributed by atoms with Crippen LogP contribution >= 0.6 is 0 Å². The highest BCUT2D eigenvalue weighted by Gasteiger charge is 2.24. The molecule has 0 saturated heterocycles. The second-order valence-electron chi connectivity index (χ2n) is 9.35. The van der Waals surface area contributed by atoms with Crippen molar-refractivity contribution in [3.05, 3.63) is 12.4 Å². The van der Waals surface area contributed by atoms with Crippen LogP contribution in [-0.2, 0) is 0 Å². The molecule has 0 radical (unpaired) electrons. The van der Waals surface area contributed by atoms with Gasteiger partial charge in [-0.15, -0.1) is 0 Å². The van der Waals surface area contributed by atoms with E-state index in [0.717, 1.165) is 0 Å². The van der Waals surface area contributed by atoms with Gasteiger partial charge in [0.25, 0.3) is 0 Å². The van der Waals surface area contributed by atoms with Crippen LogP contribution in [0.1, 0.15) is 143 Å². The highest BCUT2D eigenvalue weighted by molar-refractivity contribution is 4.96. The molecule has 0 fully saturated rings. The van der Waals surface area contributed by atoms with Crippen LogP contribution in [0.2, 0.25) is 0 Å². The zero-order chi connectivity index (χ0) is 21.0. The maximum absolute atomic E-state index is 2.63. The first-order valence-electron chi connectivity index (χ1n) is 13.5. The first-order valence-corrected chi connectivity index (χ1v) is 13.5. The van der Waals surface area contributed by atoms with E-state index in [-0.39, 0.29) is 0 Å². The molecule has 0 aromatic heterocycles. The van der Waals surface area contributed by atoms with E-state index in [0.29, 0.717) is 6.17 Å². The third kappa shape index (κ3) is 13.3. The Morgan fingerprint density at radius 3 is 1.14 bits per heavy atom. The van der Waals surface area contributed by atoms with Crippen LogP contribution in [0.5, 0.6) is 0 Å². The fourth-order valence-corrected chi connectivity index (χ4v) is 4.63. The molecule has 1 atom stereocenters. The third-order valence-electron chi connectivity index (χ3n) is 6.55. The van der Waals surface area contributed by atoms with Crippen LogP contribution in [0.15, 0.2) is 12.4 Å². The Morgan fingerprint density at radius 2 is 0.793 bits per heavy atom. The molecule has 1 heterocycles. The molecule has 0 aromatic rings. The fourth-order valence-electron chi connectivity index (χ4n) is 4.63. The van der Waals surface area contributed by atoms with Crippen LogP contribution < -0.4 is 0 Å². The van der Waals surface area contributed by atoms with E-state index in [1.54, 1.807) is 0 Å². The average Bonchev–Trinajstić information content (AvgIpc) is 3.10. The van der Waals surface area contributed by atoms with Crippen LogP contribution in [0, 0.1) is 0 Å². The maximum atomic E-state index is 2.63. The van der Waals surface area contributed by atoms with E-state index in [1.165, 1.54) is 135 Å². The highest BCUT2D eigenvalue weighted by atomic mass is 15.4. The summed E-state index contributed by atoms with van der Waals surface area (Å²) in [6.07, 6.45) is 32.1. The number of unbranched alkanes of at least 4 members (excludes halogenated alkanes) is 15. The predicted molar refractivity (Wildman–Crippen MR) is 131 cm³/mol. The van der Waals surface area contributed by atoms with Crippen molar-refractivity contribution in [3.8, 4) is 0 Å². The van der Waals surface area contributed by atoms with Gasteiger partial charge < -0.3 is 9.80 Å². The first kappa shape index (κ1) is 26.4. The van der Waals surface area contributed by atoms with Gasteiger partial charge in [0.05, 0.1) is 0 Å². The molecule has 1 rings (SSSR count). The molecule has 0 aromatic carbocycles. The van der Waals surface area contributed by atoms with E-state index in [1.807, 2.05) is 0 Å². The average molecular weight is 407 g/mol. The van der Waals surface area contributed by atoms with Gasteiger partial charge in [-0.1, -0.05) is 124 Å². The van der Waals surface area contributed by atoms with Crippen molar-refractivity contribution < 1.29 is 0 Å². The normalized spacial score (nSPS) is 16.3. The lowest BCUT2D eigenvalue weighted by Crippen LogP contribution is -2.39. The highest BCUT2D eigenvalue weighted by Crippen LogP contribution is 2.22. The van der Waals surface area contributed by atoms with Crippen LogP contribution in [0.3, 0.4) is 0 Å². The molecule has 1 unspecified atom stereocenters. The number of hydrogen-bond acceptors (Lipinski definition) is 2. The maximum Gasteiger partial charge on any atom is 0.101 e. The van der Waals surface area contributed by atoms with E-state index in [9.17, 15) is 0 Å². The van der Waals surface area contributed by atoms with Gasteiger partial charge in [0, 0.05) is 25.5 Å². The summed E-state index contributed by atoms with van der Waals surface area (Å²) in [5.74, 6) is 0. The van der Waals surface area contributed by atoms with Gasteiger partial charge in [0.2, 0.25) is 0 Å². The summed E-state index contributed by atoms with van der Waals surface area (Å²) < 4.78 is 0. The second-order valence-corrected chi connectivity index (χ2v) is 9.35. The summed E-state index contributed by atoms with van der Waals surface area (Å²) in [5, 5.41) is 0. The van der Waals surface area contributed by atoms with Crippen LogP contribution in [-0.4, -0.2) is 29.1 Å². The van der Waals surface area contributed by atoms with Crippen molar-refractivity contribution in [2.24, 2.45) is 0 Å². The molecule has 0 aliphatic carbocycles. The van der Waals surface area contributed by atoms with Crippen molar-refractivity contribution in [3.63, 3.8) is 0 Å². The van der Waals surface area contributed by atoms with Crippen molar-refractivity contribution in [1.29, 1.82) is 0 Å². The van der Waals surface area contributed by atoms with E-state index < -0.39 is 0 Å². The van der Waals surface area contributed by atoms with Gasteiger partial charge >= 0.3 is 0 Å². The standard InChI is InChI=1S/C27H54N2/c1-4-7-9-11-13-14-15-16-17-19-21-24-29-26-25-28(27(29)22-6-3)23-20-18-12-10-8-5-2/h25-27H,4-24H2,1-3H3. The Balaban J connectivity index is 2.06. The van der Waals surface area contributed by atoms with Gasteiger partial charge in [-0.3, -0.25) is 0 Å². The molecule has 1 aliphatic heterocycles. The summed E-state index contributed by atoms with van der Waals surface area (Å²) in [7, 11) is 0. The van der Waals surface area contributed by atoms with E-state index in [2.05, 4.69) is 43.0 Å². The van der Waals surface area contributed by atoms with Gasteiger partial charge in [-0.2, -0.15) is 0 Å². The molecule has 0 N–H and O–H groups in total. The molecule has 172 valence electrons. The largest absolute Gasteiger partial charge is 0.356 e. The summed E-state index contributed by atoms with van der Waals surface area (Å²) in [4.78, 5) is 5.26. The monoisotopic (exact) mass is 406 g/mol.